The first-order valence-corrected chi connectivity index (χ1v) is 9.30. The van der Waals surface area contributed by atoms with Gasteiger partial charge in [-0.2, -0.15) is 10.0 Å². The van der Waals surface area contributed by atoms with Crippen molar-refractivity contribution >= 4 is 16.1 Å². The summed E-state index contributed by atoms with van der Waals surface area (Å²) in [5.41, 5.74) is 2.20. The predicted octanol–water partition coefficient (Wildman–Crippen LogP) is 2.98. The van der Waals surface area contributed by atoms with Crippen molar-refractivity contribution in [3.8, 4) is 11.2 Å². The van der Waals surface area contributed by atoms with Crippen LogP contribution in [0.25, 0.3) is 0 Å². The minimum absolute atomic E-state index is 0.0402. The van der Waals surface area contributed by atoms with E-state index in [2.05, 4.69) is 52.1 Å². The number of amides is 1. The van der Waals surface area contributed by atoms with Crippen molar-refractivity contribution in [3.05, 3.63) is 35.4 Å². The summed E-state index contributed by atoms with van der Waals surface area (Å²) in [5, 5.41) is 6.04. The van der Waals surface area contributed by atoms with E-state index >= 15 is 0 Å². The third kappa shape index (κ3) is 6.53. The van der Waals surface area contributed by atoms with Crippen molar-refractivity contribution in [2.45, 2.75) is 19.4 Å². The predicted molar refractivity (Wildman–Crippen MR) is 87.4 cm³/mol. The average molecular weight is 293 g/mol. The first-order chi connectivity index (χ1) is 9.30. The molecule has 0 aliphatic rings. The SMILES string of the molecule is COC(=O)NC(C)Cc1ccc(C#CS(C)(C)C)cc1. The van der Waals surface area contributed by atoms with Gasteiger partial charge in [-0.05, 0) is 55.1 Å². The number of rotatable bonds is 3. The molecule has 0 fully saturated rings. The molecule has 0 saturated carbocycles. The van der Waals surface area contributed by atoms with Gasteiger partial charge in [0.2, 0.25) is 0 Å². The Morgan fingerprint density at radius 1 is 1.30 bits per heavy atom. The van der Waals surface area contributed by atoms with Crippen LogP contribution in [0.1, 0.15) is 18.1 Å². The number of carbonyl (C=O) groups excluding carboxylic acids is 1. The Bertz CT molecular complexity index is 506. The van der Waals surface area contributed by atoms with E-state index in [-0.39, 0.29) is 6.04 Å². The molecule has 1 unspecified atom stereocenters. The molecule has 0 aliphatic heterocycles. The highest BCUT2D eigenvalue weighted by Gasteiger charge is 2.07. The zero-order chi connectivity index (χ0) is 15.2. The second kappa shape index (κ2) is 7.25. The zero-order valence-electron chi connectivity index (χ0n) is 12.8. The summed E-state index contributed by atoms with van der Waals surface area (Å²) < 4.78 is 4.58. The molecule has 4 heteroatoms. The highest BCUT2D eigenvalue weighted by molar-refractivity contribution is 8.35. The molecule has 1 amide bonds. The average Bonchev–Trinajstić information content (AvgIpc) is 2.36. The molecule has 110 valence electrons. The lowest BCUT2D eigenvalue weighted by atomic mass is 10.1. The molecule has 20 heavy (non-hydrogen) atoms. The standard InChI is InChI=1S/C16H23NO2S/c1-13(17-16(18)19-2)12-15-8-6-14(7-9-15)10-11-20(3,4)5/h6-9,13H,12H2,1-5H3,(H,17,18). The minimum Gasteiger partial charge on any atom is -0.453 e. The quantitative estimate of drug-likeness (QED) is 0.870. The number of benzene rings is 1. The van der Waals surface area contributed by atoms with Crippen LogP contribution in [0.5, 0.6) is 0 Å². The van der Waals surface area contributed by atoms with Crippen molar-refractivity contribution in [2.75, 3.05) is 25.9 Å². The van der Waals surface area contributed by atoms with Gasteiger partial charge < -0.3 is 10.1 Å². The molecular weight excluding hydrogens is 270 g/mol. The molecule has 1 atom stereocenters. The molecule has 0 radical (unpaired) electrons. The maximum absolute atomic E-state index is 11.1. The Morgan fingerprint density at radius 3 is 2.40 bits per heavy atom. The fourth-order valence-electron chi connectivity index (χ4n) is 1.60. The fourth-order valence-corrected chi connectivity index (χ4v) is 2.02. The molecule has 1 rings (SSSR count). The van der Waals surface area contributed by atoms with Crippen LogP contribution in [0.15, 0.2) is 24.3 Å². The van der Waals surface area contributed by atoms with Gasteiger partial charge in [0.15, 0.2) is 0 Å². The van der Waals surface area contributed by atoms with Crippen molar-refractivity contribution < 1.29 is 9.53 Å². The summed E-state index contributed by atoms with van der Waals surface area (Å²) >= 11 is 0. The number of ether oxygens (including phenoxy) is 1. The van der Waals surface area contributed by atoms with E-state index in [4.69, 9.17) is 0 Å². The molecule has 0 aliphatic carbocycles. The first kappa shape index (κ1) is 16.5. The molecule has 3 nitrogen and oxygen atoms in total. The Kier molecular flexibility index (Phi) is 5.97. The van der Waals surface area contributed by atoms with E-state index in [0.717, 1.165) is 12.0 Å². The molecule has 0 saturated heterocycles. The topological polar surface area (TPSA) is 38.3 Å². The zero-order valence-corrected chi connectivity index (χ0v) is 13.6. The number of nitrogens with one attached hydrogen (secondary N) is 1. The van der Waals surface area contributed by atoms with Crippen LogP contribution in [-0.2, 0) is 11.2 Å². The van der Waals surface area contributed by atoms with Gasteiger partial charge in [0.05, 0.1) is 7.11 Å². The van der Waals surface area contributed by atoms with E-state index < -0.39 is 16.1 Å². The van der Waals surface area contributed by atoms with Gasteiger partial charge in [-0.1, -0.05) is 18.1 Å². The highest BCUT2D eigenvalue weighted by Crippen LogP contribution is 2.32. The fraction of sp³-hybridized carbons (Fsp3) is 0.438. The number of methoxy groups -OCH3 is 1. The van der Waals surface area contributed by atoms with Crippen LogP contribution in [0, 0.1) is 11.2 Å². The Morgan fingerprint density at radius 2 is 1.90 bits per heavy atom. The third-order valence-electron chi connectivity index (χ3n) is 2.55. The molecule has 1 N–H and O–H groups in total. The van der Waals surface area contributed by atoms with Crippen molar-refractivity contribution in [2.24, 2.45) is 0 Å². The van der Waals surface area contributed by atoms with Crippen molar-refractivity contribution in [1.82, 2.24) is 5.32 Å². The van der Waals surface area contributed by atoms with Crippen LogP contribution >= 0.6 is 10.0 Å². The Labute approximate surface area is 123 Å². The normalized spacial score (nSPS) is 12.8. The Balaban J connectivity index is 2.62. The maximum atomic E-state index is 11.1. The minimum atomic E-state index is -0.790. The van der Waals surface area contributed by atoms with Crippen LogP contribution in [0.4, 0.5) is 4.79 Å². The molecule has 0 heterocycles. The first-order valence-electron chi connectivity index (χ1n) is 6.44. The summed E-state index contributed by atoms with van der Waals surface area (Å²) in [5.74, 6) is 3.20. The highest BCUT2D eigenvalue weighted by atomic mass is 32.3. The van der Waals surface area contributed by atoms with Gasteiger partial charge in [0, 0.05) is 11.6 Å². The van der Waals surface area contributed by atoms with Crippen LogP contribution in [-0.4, -0.2) is 38.0 Å². The van der Waals surface area contributed by atoms with Gasteiger partial charge in [-0.3, -0.25) is 0 Å². The van der Waals surface area contributed by atoms with Crippen molar-refractivity contribution in [3.63, 3.8) is 0 Å². The monoisotopic (exact) mass is 293 g/mol. The van der Waals surface area contributed by atoms with E-state index in [0.29, 0.717) is 0 Å². The summed E-state index contributed by atoms with van der Waals surface area (Å²) in [4.78, 5) is 11.1. The van der Waals surface area contributed by atoms with Crippen LogP contribution < -0.4 is 5.32 Å². The lowest BCUT2D eigenvalue weighted by Gasteiger charge is -2.15. The van der Waals surface area contributed by atoms with Gasteiger partial charge >= 0.3 is 6.09 Å². The molecule has 1 aromatic rings. The number of carbonyl (C=O) groups is 1. The van der Waals surface area contributed by atoms with Crippen LogP contribution in [0.3, 0.4) is 0 Å². The molecule has 0 aromatic heterocycles. The molecule has 1 aromatic carbocycles. The lowest BCUT2D eigenvalue weighted by Crippen LogP contribution is -2.33. The number of alkyl carbamates (subject to hydrolysis) is 1. The second-order valence-electron chi connectivity index (χ2n) is 5.50. The molecular formula is C16H23NO2S. The molecule has 0 bridgehead atoms. The van der Waals surface area contributed by atoms with Gasteiger partial charge in [-0.15, -0.1) is 0 Å². The third-order valence-corrected chi connectivity index (χ3v) is 3.26. The Hall–Kier alpha value is -1.60. The van der Waals surface area contributed by atoms with E-state index in [1.54, 1.807) is 0 Å². The van der Waals surface area contributed by atoms with Crippen molar-refractivity contribution in [1.29, 1.82) is 0 Å². The summed E-state index contributed by atoms with van der Waals surface area (Å²) in [6.07, 6.45) is 6.90. The largest absolute Gasteiger partial charge is 0.453 e. The second-order valence-corrected chi connectivity index (χ2v) is 9.38. The van der Waals surface area contributed by atoms with Gasteiger partial charge in [0.1, 0.15) is 0 Å². The summed E-state index contributed by atoms with van der Waals surface area (Å²) in [7, 11) is 0.577. The maximum Gasteiger partial charge on any atom is 0.407 e. The van der Waals surface area contributed by atoms with E-state index in [9.17, 15) is 4.79 Å². The number of hydrogen-bond acceptors (Lipinski definition) is 2. The van der Waals surface area contributed by atoms with E-state index in [1.165, 1.54) is 12.7 Å². The molecule has 0 spiro atoms. The van der Waals surface area contributed by atoms with Gasteiger partial charge in [0.25, 0.3) is 0 Å². The van der Waals surface area contributed by atoms with Crippen LogP contribution in [0.2, 0.25) is 0 Å². The summed E-state index contributed by atoms with van der Waals surface area (Å²) in [6, 6.07) is 8.20. The lowest BCUT2D eigenvalue weighted by molar-refractivity contribution is 0.167. The van der Waals surface area contributed by atoms with Gasteiger partial charge in [-0.25, -0.2) is 4.79 Å². The smallest absolute Gasteiger partial charge is 0.407 e. The number of hydrogen-bond donors (Lipinski definition) is 1. The summed E-state index contributed by atoms with van der Waals surface area (Å²) in [6.45, 7) is 1.95. The van der Waals surface area contributed by atoms with E-state index in [1.807, 2.05) is 19.1 Å².